The minimum absolute atomic E-state index is 0.0194. The molecular weight excluding hydrogens is 472 g/mol. The molecule has 0 spiro atoms. The lowest BCUT2D eigenvalue weighted by molar-refractivity contribution is -0.138. The second-order valence-electron chi connectivity index (χ2n) is 9.42. The van der Waals surface area contributed by atoms with Crippen molar-refractivity contribution >= 4 is 39.1 Å². The number of carbonyl (C=O) groups is 1. The summed E-state index contributed by atoms with van der Waals surface area (Å²) in [5.41, 5.74) is 7.00. The quantitative estimate of drug-likeness (QED) is 0.153. The van der Waals surface area contributed by atoms with E-state index in [1.54, 1.807) is 11.3 Å². The first-order valence-corrected chi connectivity index (χ1v) is 13.3. The average Bonchev–Trinajstić information content (AvgIpc) is 3.49. The van der Waals surface area contributed by atoms with E-state index in [9.17, 15) is 9.90 Å². The van der Waals surface area contributed by atoms with Crippen molar-refractivity contribution in [3.05, 3.63) is 64.5 Å². The predicted molar refractivity (Wildman–Crippen MR) is 146 cm³/mol. The van der Waals surface area contributed by atoms with Crippen LogP contribution < -0.4 is 10.5 Å². The molecule has 2 heterocycles. The van der Waals surface area contributed by atoms with Crippen molar-refractivity contribution in [2.75, 3.05) is 13.1 Å². The van der Waals surface area contributed by atoms with Crippen molar-refractivity contribution in [3.8, 4) is 5.75 Å². The fraction of sp³-hybridized carbons (Fsp3) is 0.393. The molecule has 0 aliphatic carbocycles. The number of fused-ring (bicyclic) bond motifs is 1. The Balaban J connectivity index is 1.38. The highest BCUT2D eigenvalue weighted by Gasteiger charge is 2.26. The summed E-state index contributed by atoms with van der Waals surface area (Å²) >= 11 is 1.57. The molecule has 1 unspecified atom stereocenters. The number of unbranched alkanes of at least 4 members (excludes halogenated alkanes) is 2. The van der Waals surface area contributed by atoms with Gasteiger partial charge in [-0.15, -0.1) is 11.3 Å². The van der Waals surface area contributed by atoms with Crippen molar-refractivity contribution in [3.63, 3.8) is 0 Å². The highest BCUT2D eigenvalue weighted by Crippen LogP contribution is 2.32. The first kappa shape index (κ1) is 25.7. The van der Waals surface area contributed by atoms with Gasteiger partial charge in [0.15, 0.2) is 0 Å². The first-order chi connectivity index (χ1) is 17.3. The van der Waals surface area contributed by atoms with Crippen LogP contribution in [0.3, 0.4) is 0 Å². The molecule has 1 aromatic heterocycles. The molecule has 0 amide bonds. The fourth-order valence-electron chi connectivity index (χ4n) is 4.66. The lowest BCUT2D eigenvalue weighted by Gasteiger charge is -2.20. The van der Waals surface area contributed by atoms with Gasteiger partial charge in [0.25, 0.3) is 0 Å². The van der Waals surface area contributed by atoms with Crippen LogP contribution in [0.2, 0.25) is 0 Å². The van der Waals surface area contributed by atoms with Crippen LogP contribution >= 0.6 is 11.3 Å². The van der Waals surface area contributed by atoms with Crippen LogP contribution in [0.1, 0.15) is 60.9 Å². The number of nitrogens with two attached hydrogens (primary N) is 1. The minimum atomic E-state index is -0.862. The molecule has 1 fully saturated rings. The number of aliphatic carboxylic acids is 1. The maximum Gasteiger partial charge on any atom is 0.311 e. The Morgan fingerprint density at radius 2 is 1.97 bits per heavy atom. The van der Waals surface area contributed by atoms with Crippen molar-refractivity contribution < 1.29 is 14.6 Å². The topological polar surface area (TPSA) is 123 Å². The molecular formula is C28H34N4O3S. The fourth-order valence-corrected chi connectivity index (χ4v) is 5.75. The third-order valence-electron chi connectivity index (χ3n) is 6.71. The Labute approximate surface area is 215 Å². The number of benzene rings is 2. The summed E-state index contributed by atoms with van der Waals surface area (Å²) < 4.78 is 7.20. The number of carboxylic acids is 1. The van der Waals surface area contributed by atoms with E-state index >= 15 is 0 Å². The number of hydrogen-bond acceptors (Lipinski definition) is 5. The maximum atomic E-state index is 12.1. The molecule has 8 heteroatoms. The number of hydrogen-bond donors (Lipinski definition) is 4. The van der Waals surface area contributed by atoms with Crippen LogP contribution in [0.4, 0.5) is 0 Å². The number of nitrogen functional groups attached to an aromatic ring is 1. The molecule has 0 saturated carbocycles. The van der Waals surface area contributed by atoms with E-state index in [1.807, 2.05) is 48.5 Å². The number of ether oxygens (including phenoxy) is 1. The Hall–Kier alpha value is -3.39. The molecule has 3 aromatic rings. The van der Waals surface area contributed by atoms with Gasteiger partial charge in [-0.05, 0) is 60.2 Å². The summed E-state index contributed by atoms with van der Waals surface area (Å²) in [5.74, 6) is -0.0757. The van der Waals surface area contributed by atoms with Gasteiger partial charge in [0.1, 0.15) is 17.7 Å². The molecule has 0 radical (unpaired) electrons. The molecule has 4 rings (SSSR count). The second-order valence-corrected chi connectivity index (χ2v) is 10.6. The SMILES string of the molecule is CCCCCC(=N)N1CC[C@H](Oc2ccc(C(Cc3cc4cc(C(=N)N)ccc4s3)C(=O)O)cc2)C1. The average molecular weight is 507 g/mol. The predicted octanol–water partition coefficient (Wildman–Crippen LogP) is 5.61. The summed E-state index contributed by atoms with van der Waals surface area (Å²) in [6.07, 6.45) is 5.51. The molecule has 2 atom stereocenters. The van der Waals surface area contributed by atoms with Gasteiger partial charge in [0, 0.05) is 34.5 Å². The van der Waals surface area contributed by atoms with E-state index in [0.717, 1.165) is 71.5 Å². The summed E-state index contributed by atoms with van der Waals surface area (Å²) in [6.45, 7) is 3.74. The highest BCUT2D eigenvalue weighted by atomic mass is 32.1. The zero-order chi connectivity index (χ0) is 25.7. The number of rotatable bonds is 11. The first-order valence-electron chi connectivity index (χ1n) is 12.5. The van der Waals surface area contributed by atoms with Gasteiger partial charge in [-0.3, -0.25) is 15.6 Å². The normalized spacial score (nSPS) is 16.2. The molecule has 1 aliphatic rings. The number of nitrogens with one attached hydrogen (secondary N) is 2. The van der Waals surface area contributed by atoms with Crippen molar-refractivity contribution in [2.24, 2.45) is 5.73 Å². The van der Waals surface area contributed by atoms with E-state index < -0.39 is 11.9 Å². The van der Waals surface area contributed by atoms with Crippen molar-refractivity contribution in [1.29, 1.82) is 10.8 Å². The molecule has 1 saturated heterocycles. The Morgan fingerprint density at radius 3 is 2.67 bits per heavy atom. The van der Waals surface area contributed by atoms with E-state index in [0.29, 0.717) is 17.8 Å². The number of likely N-dealkylation sites (tertiary alicyclic amines) is 1. The van der Waals surface area contributed by atoms with Gasteiger partial charge in [-0.25, -0.2) is 0 Å². The molecule has 5 N–H and O–H groups in total. The maximum absolute atomic E-state index is 12.1. The summed E-state index contributed by atoms with van der Waals surface area (Å²) in [4.78, 5) is 15.2. The van der Waals surface area contributed by atoms with Gasteiger partial charge < -0.3 is 20.5 Å². The van der Waals surface area contributed by atoms with Crippen LogP contribution in [0, 0.1) is 10.8 Å². The molecule has 1 aliphatic heterocycles. The number of thiophene rings is 1. The van der Waals surface area contributed by atoms with Crippen LogP contribution in [-0.2, 0) is 11.2 Å². The number of amidine groups is 2. The monoisotopic (exact) mass is 506 g/mol. The van der Waals surface area contributed by atoms with Gasteiger partial charge in [-0.2, -0.15) is 0 Å². The van der Waals surface area contributed by atoms with E-state index in [-0.39, 0.29) is 11.9 Å². The van der Waals surface area contributed by atoms with E-state index in [1.165, 1.54) is 0 Å². The van der Waals surface area contributed by atoms with E-state index in [4.69, 9.17) is 21.3 Å². The molecule has 36 heavy (non-hydrogen) atoms. The number of nitrogens with zero attached hydrogens (tertiary/aromatic N) is 1. The third-order valence-corrected chi connectivity index (χ3v) is 7.85. The molecule has 7 nitrogen and oxygen atoms in total. The van der Waals surface area contributed by atoms with Gasteiger partial charge in [0.2, 0.25) is 0 Å². The zero-order valence-corrected chi connectivity index (χ0v) is 21.4. The second kappa shape index (κ2) is 11.6. The van der Waals surface area contributed by atoms with Gasteiger partial charge in [0.05, 0.1) is 18.3 Å². The van der Waals surface area contributed by atoms with E-state index in [2.05, 4.69) is 11.8 Å². The van der Waals surface area contributed by atoms with Crippen LogP contribution in [0.15, 0.2) is 48.5 Å². The largest absolute Gasteiger partial charge is 0.489 e. The van der Waals surface area contributed by atoms with Gasteiger partial charge in [-0.1, -0.05) is 31.9 Å². The minimum Gasteiger partial charge on any atom is -0.489 e. The van der Waals surface area contributed by atoms with Crippen LogP contribution in [0.25, 0.3) is 10.1 Å². The molecule has 0 bridgehead atoms. The Morgan fingerprint density at radius 1 is 1.19 bits per heavy atom. The Kier molecular flexibility index (Phi) is 8.25. The van der Waals surface area contributed by atoms with Crippen molar-refractivity contribution in [1.82, 2.24) is 4.90 Å². The molecule has 2 aromatic carbocycles. The zero-order valence-electron chi connectivity index (χ0n) is 20.6. The van der Waals surface area contributed by atoms with Crippen LogP contribution in [-0.4, -0.2) is 46.8 Å². The lowest BCUT2D eigenvalue weighted by Crippen LogP contribution is -2.30. The van der Waals surface area contributed by atoms with Crippen LogP contribution in [0.5, 0.6) is 5.75 Å². The van der Waals surface area contributed by atoms with Gasteiger partial charge >= 0.3 is 5.97 Å². The summed E-state index contributed by atoms with van der Waals surface area (Å²) in [5, 5.41) is 26.8. The lowest BCUT2D eigenvalue weighted by atomic mass is 9.95. The standard InChI is InChI=1S/C28H34N4O3S/c1-2-3-4-5-26(29)32-13-12-22(17-32)35-21-9-6-18(7-10-21)24(28(33)34)16-23-15-20-14-19(27(30)31)8-11-25(20)36-23/h6-11,14-15,22,24,29H,2-5,12-13,16-17H2,1H3,(H3,30,31)(H,33,34)/t22-,24?/m0/s1. The van der Waals surface area contributed by atoms with Crippen molar-refractivity contribution in [2.45, 2.75) is 57.5 Å². The summed E-state index contributed by atoms with van der Waals surface area (Å²) in [7, 11) is 0. The highest BCUT2D eigenvalue weighted by molar-refractivity contribution is 7.19. The smallest absolute Gasteiger partial charge is 0.311 e. The summed E-state index contributed by atoms with van der Waals surface area (Å²) in [6, 6.07) is 15.0. The molecule has 190 valence electrons. The Bertz CT molecular complexity index is 1240. The third kappa shape index (κ3) is 6.23. The number of carboxylic acid groups (broad SMARTS) is 1.